The second-order valence-corrected chi connectivity index (χ2v) is 14.0. The largest absolute Gasteiger partial charge is 0.492 e. The standard InChI is InChI=1S/C41H48N2O8/c1-40(2,3)50-38(46)42-19-21-48-36-17-13-30-23-28(7-11-32(30)25-36)9-15-34(44)27-35(45)16-10-29-8-12-33-26-37(18-14-31(33)24-29)49-22-20-43-39(47)51-41(4,5)6/h7-18,23-26,38,42,46H,19-22,27H2,1-6H3,(H,43,47)/b15-9+,16-10+. The van der Waals surface area contributed by atoms with E-state index >= 15 is 0 Å². The maximum atomic E-state index is 12.5. The molecule has 0 aliphatic carbocycles. The van der Waals surface area contributed by atoms with E-state index in [4.69, 9.17) is 18.9 Å². The van der Waals surface area contributed by atoms with E-state index in [-0.39, 0.29) is 18.0 Å². The topological polar surface area (TPSA) is 132 Å². The summed E-state index contributed by atoms with van der Waals surface area (Å²) in [6.07, 6.45) is 4.48. The number of alkyl carbamates (subject to hydrolysis) is 1. The SMILES string of the molecule is CC(C)(C)OC(=O)NCCOc1ccc2cc(/C=C/C(=O)CC(=O)/C=C/c3ccc4cc(OCCNC(O)OC(C)(C)C)ccc4c3)ccc2c1. The third-order valence-electron chi connectivity index (χ3n) is 7.14. The predicted octanol–water partition coefficient (Wildman–Crippen LogP) is 7.21. The quantitative estimate of drug-likeness (QED) is 0.0481. The zero-order chi connectivity index (χ0) is 37.0. The molecule has 0 aromatic heterocycles. The summed E-state index contributed by atoms with van der Waals surface area (Å²) in [6.45, 7) is 12.4. The average Bonchev–Trinajstić information content (AvgIpc) is 3.05. The number of ether oxygens (including phenoxy) is 4. The summed E-state index contributed by atoms with van der Waals surface area (Å²) in [6, 6.07) is 23.0. The number of benzene rings is 4. The number of ketones is 2. The second-order valence-electron chi connectivity index (χ2n) is 14.0. The van der Waals surface area contributed by atoms with Crippen LogP contribution in [-0.2, 0) is 19.1 Å². The molecule has 0 fully saturated rings. The molecule has 0 spiro atoms. The number of allylic oxidation sites excluding steroid dienone is 2. The van der Waals surface area contributed by atoms with Crippen LogP contribution in [0.15, 0.2) is 84.9 Å². The first kappa shape index (κ1) is 38.8. The number of hydrogen-bond acceptors (Lipinski definition) is 9. The first-order valence-corrected chi connectivity index (χ1v) is 16.9. The molecule has 1 unspecified atom stereocenters. The molecule has 0 aliphatic heterocycles. The lowest BCUT2D eigenvalue weighted by Gasteiger charge is -2.24. The van der Waals surface area contributed by atoms with Gasteiger partial charge in [0, 0.05) is 6.54 Å². The Balaban J connectivity index is 1.21. The molecule has 1 amide bonds. The Morgan fingerprint density at radius 3 is 1.63 bits per heavy atom. The minimum absolute atomic E-state index is 0.230. The lowest BCUT2D eigenvalue weighted by Crippen LogP contribution is -2.39. The number of carbonyl (C=O) groups is 3. The third-order valence-corrected chi connectivity index (χ3v) is 7.14. The highest BCUT2D eigenvalue weighted by molar-refractivity contribution is 6.11. The average molecular weight is 697 g/mol. The summed E-state index contributed by atoms with van der Waals surface area (Å²) in [5, 5.41) is 19.3. The predicted molar refractivity (Wildman–Crippen MR) is 201 cm³/mol. The van der Waals surface area contributed by atoms with Crippen molar-refractivity contribution in [1.29, 1.82) is 0 Å². The number of nitrogens with one attached hydrogen (secondary N) is 2. The molecule has 0 heterocycles. The molecule has 1 atom stereocenters. The van der Waals surface area contributed by atoms with Crippen molar-refractivity contribution in [3.05, 3.63) is 96.1 Å². The van der Waals surface area contributed by atoms with E-state index in [1.165, 1.54) is 12.2 Å². The van der Waals surface area contributed by atoms with Gasteiger partial charge in [0.1, 0.15) is 30.3 Å². The van der Waals surface area contributed by atoms with Gasteiger partial charge in [0.2, 0.25) is 6.41 Å². The molecule has 4 rings (SSSR count). The molecule has 51 heavy (non-hydrogen) atoms. The minimum atomic E-state index is -1.07. The summed E-state index contributed by atoms with van der Waals surface area (Å²) in [5.41, 5.74) is 0.657. The molecule has 4 aromatic rings. The molecular weight excluding hydrogens is 648 g/mol. The number of aliphatic hydroxyl groups excluding tert-OH is 1. The van der Waals surface area contributed by atoms with Gasteiger partial charge in [-0.15, -0.1) is 0 Å². The van der Waals surface area contributed by atoms with Crippen molar-refractivity contribution in [3.8, 4) is 11.5 Å². The second kappa shape index (κ2) is 17.8. The maximum Gasteiger partial charge on any atom is 0.407 e. The summed E-state index contributed by atoms with van der Waals surface area (Å²) < 4.78 is 22.2. The number of aliphatic hydroxyl groups is 1. The van der Waals surface area contributed by atoms with E-state index in [0.29, 0.717) is 37.8 Å². The van der Waals surface area contributed by atoms with Crippen LogP contribution in [0.3, 0.4) is 0 Å². The Morgan fingerprint density at radius 1 is 0.667 bits per heavy atom. The third kappa shape index (κ3) is 14.0. The Bertz CT molecular complexity index is 1880. The fourth-order valence-corrected chi connectivity index (χ4v) is 4.90. The Morgan fingerprint density at radius 2 is 1.14 bits per heavy atom. The van der Waals surface area contributed by atoms with Crippen LogP contribution < -0.4 is 20.1 Å². The van der Waals surface area contributed by atoms with Crippen molar-refractivity contribution in [2.24, 2.45) is 0 Å². The zero-order valence-electron chi connectivity index (χ0n) is 30.2. The van der Waals surface area contributed by atoms with E-state index in [1.807, 2.05) is 93.6 Å². The Hall–Kier alpha value is -5.03. The van der Waals surface area contributed by atoms with Gasteiger partial charge in [0.25, 0.3) is 0 Å². The normalized spacial score (nSPS) is 12.8. The van der Waals surface area contributed by atoms with E-state index in [0.717, 1.165) is 32.7 Å². The van der Waals surface area contributed by atoms with Crippen molar-refractivity contribution >= 4 is 51.4 Å². The van der Waals surface area contributed by atoms with Crippen LogP contribution in [0.25, 0.3) is 33.7 Å². The van der Waals surface area contributed by atoms with Gasteiger partial charge in [-0.2, -0.15) is 0 Å². The molecule has 0 saturated heterocycles. The Kier molecular flexibility index (Phi) is 13.5. The molecule has 10 nitrogen and oxygen atoms in total. The van der Waals surface area contributed by atoms with Gasteiger partial charge in [-0.1, -0.05) is 48.6 Å². The highest BCUT2D eigenvalue weighted by Gasteiger charge is 2.16. The van der Waals surface area contributed by atoms with Gasteiger partial charge in [-0.25, -0.2) is 4.79 Å². The molecule has 10 heteroatoms. The molecule has 0 aliphatic rings. The van der Waals surface area contributed by atoms with E-state index in [1.54, 1.807) is 32.9 Å². The number of fused-ring (bicyclic) bond motifs is 2. The molecule has 270 valence electrons. The summed E-state index contributed by atoms with van der Waals surface area (Å²) in [7, 11) is 0. The molecule has 0 saturated carbocycles. The maximum absolute atomic E-state index is 12.5. The summed E-state index contributed by atoms with van der Waals surface area (Å²) >= 11 is 0. The van der Waals surface area contributed by atoms with Crippen LogP contribution in [-0.4, -0.2) is 66.7 Å². The highest BCUT2D eigenvalue weighted by atomic mass is 16.6. The molecular formula is C41H48N2O8. The van der Waals surface area contributed by atoms with Gasteiger partial charge in [0.05, 0.1) is 18.6 Å². The molecule has 3 N–H and O–H groups in total. The van der Waals surface area contributed by atoms with Crippen LogP contribution in [0, 0.1) is 0 Å². The fraction of sp³-hybridized carbons (Fsp3) is 0.341. The lowest BCUT2D eigenvalue weighted by molar-refractivity contribution is -0.181. The molecule has 4 aromatic carbocycles. The van der Waals surface area contributed by atoms with Crippen molar-refractivity contribution in [2.75, 3.05) is 26.3 Å². The van der Waals surface area contributed by atoms with Crippen LogP contribution in [0.2, 0.25) is 0 Å². The van der Waals surface area contributed by atoms with Gasteiger partial charge < -0.3 is 29.4 Å². The smallest absolute Gasteiger partial charge is 0.407 e. The highest BCUT2D eigenvalue weighted by Crippen LogP contribution is 2.24. The van der Waals surface area contributed by atoms with Crippen molar-refractivity contribution in [3.63, 3.8) is 0 Å². The van der Waals surface area contributed by atoms with E-state index in [9.17, 15) is 19.5 Å². The summed E-state index contributed by atoms with van der Waals surface area (Å²) in [4.78, 5) is 36.9. The Labute approximate surface area is 299 Å². The van der Waals surface area contributed by atoms with Crippen LogP contribution in [0.4, 0.5) is 4.79 Å². The fourth-order valence-electron chi connectivity index (χ4n) is 4.90. The van der Waals surface area contributed by atoms with Gasteiger partial charge in [-0.3, -0.25) is 14.9 Å². The van der Waals surface area contributed by atoms with E-state index in [2.05, 4.69) is 10.6 Å². The first-order chi connectivity index (χ1) is 24.1. The van der Waals surface area contributed by atoms with Crippen molar-refractivity contribution in [1.82, 2.24) is 10.6 Å². The van der Waals surface area contributed by atoms with Crippen LogP contribution >= 0.6 is 0 Å². The molecule has 0 radical (unpaired) electrons. The van der Waals surface area contributed by atoms with Crippen molar-refractivity contribution < 1.29 is 38.4 Å². The van der Waals surface area contributed by atoms with Crippen molar-refractivity contribution in [2.45, 2.75) is 65.6 Å². The van der Waals surface area contributed by atoms with Gasteiger partial charge in [-0.05, 0) is 123 Å². The minimum Gasteiger partial charge on any atom is -0.492 e. The monoisotopic (exact) mass is 696 g/mol. The number of rotatable bonds is 16. The number of amides is 1. The first-order valence-electron chi connectivity index (χ1n) is 16.9. The number of carbonyl (C=O) groups excluding carboxylic acids is 3. The van der Waals surface area contributed by atoms with Gasteiger partial charge >= 0.3 is 6.09 Å². The van der Waals surface area contributed by atoms with Crippen LogP contribution in [0.1, 0.15) is 59.1 Å². The number of hydrogen-bond donors (Lipinski definition) is 3. The zero-order valence-corrected chi connectivity index (χ0v) is 30.2. The molecule has 0 bridgehead atoms. The lowest BCUT2D eigenvalue weighted by atomic mass is 10.0. The van der Waals surface area contributed by atoms with Crippen LogP contribution in [0.5, 0.6) is 11.5 Å². The van der Waals surface area contributed by atoms with E-state index < -0.39 is 23.7 Å². The van der Waals surface area contributed by atoms with Gasteiger partial charge in [0.15, 0.2) is 11.6 Å². The summed E-state index contributed by atoms with van der Waals surface area (Å²) in [5.74, 6) is 0.802.